The smallest absolute Gasteiger partial charge is 0.311 e. The molecular weight excluding hydrogens is 378 g/mol. The minimum absolute atomic E-state index is 0.123. The Morgan fingerprint density at radius 3 is 2.47 bits per heavy atom. The number of rotatable bonds is 6. The number of benzene rings is 2. The maximum Gasteiger partial charge on any atom is 0.311 e. The van der Waals surface area contributed by atoms with Crippen molar-refractivity contribution in [2.24, 2.45) is 0 Å². The van der Waals surface area contributed by atoms with Crippen molar-refractivity contribution in [3.63, 3.8) is 0 Å². The summed E-state index contributed by atoms with van der Waals surface area (Å²) in [6.07, 6.45) is 1.19. The van der Waals surface area contributed by atoms with Gasteiger partial charge in [0.05, 0.1) is 6.42 Å². The minimum atomic E-state index is -0.775. The molecule has 4 rings (SSSR count). The second-order valence-electron chi connectivity index (χ2n) is 7.76. The van der Waals surface area contributed by atoms with Gasteiger partial charge in [0.25, 0.3) is 5.91 Å². The van der Waals surface area contributed by atoms with Gasteiger partial charge in [-0.25, -0.2) is 0 Å². The Labute approximate surface area is 176 Å². The number of ether oxygens (including phenoxy) is 1. The molecule has 0 spiro atoms. The van der Waals surface area contributed by atoms with Crippen molar-refractivity contribution in [1.29, 1.82) is 0 Å². The Hall–Kier alpha value is -3.12. The standard InChI is InChI=1S/C24H27N3O3/c1-18(30-23(28)15-20-16-25-22-10-6-5-9-21(20)22)24(29)27-13-11-26(12-14-27)17-19-7-3-2-4-8-19/h2-10,16,18,25H,11-15,17H2,1H3. The van der Waals surface area contributed by atoms with Crippen LogP contribution < -0.4 is 0 Å². The van der Waals surface area contributed by atoms with E-state index in [1.54, 1.807) is 11.8 Å². The van der Waals surface area contributed by atoms with E-state index in [1.165, 1.54) is 5.56 Å². The number of aromatic nitrogens is 1. The zero-order valence-electron chi connectivity index (χ0n) is 17.2. The number of hydrogen-bond acceptors (Lipinski definition) is 4. The lowest BCUT2D eigenvalue weighted by Gasteiger charge is -2.35. The van der Waals surface area contributed by atoms with Crippen LogP contribution in [0.2, 0.25) is 0 Å². The summed E-state index contributed by atoms with van der Waals surface area (Å²) in [5, 5.41) is 1.00. The Bertz CT molecular complexity index is 1010. The molecule has 1 atom stereocenters. The van der Waals surface area contributed by atoms with E-state index in [0.29, 0.717) is 13.1 Å². The van der Waals surface area contributed by atoms with Crippen molar-refractivity contribution < 1.29 is 14.3 Å². The highest BCUT2D eigenvalue weighted by molar-refractivity contribution is 5.88. The topological polar surface area (TPSA) is 65.6 Å². The molecule has 0 bridgehead atoms. The number of H-pyrrole nitrogens is 1. The fourth-order valence-electron chi connectivity index (χ4n) is 3.95. The number of carbonyl (C=O) groups is 2. The highest BCUT2D eigenvalue weighted by Gasteiger charge is 2.27. The number of hydrogen-bond donors (Lipinski definition) is 1. The number of nitrogens with zero attached hydrogens (tertiary/aromatic N) is 2. The molecule has 1 aliphatic rings. The fraction of sp³-hybridized carbons (Fsp3) is 0.333. The summed E-state index contributed by atoms with van der Waals surface area (Å²) >= 11 is 0. The van der Waals surface area contributed by atoms with Crippen LogP contribution in [0.15, 0.2) is 60.8 Å². The van der Waals surface area contributed by atoms with Crippen LogP contribution >= 0.6 is 0 Å². The lowest BCUT2D eigenvalue weighted by atomic mass is 10.1. The molecule has 6 nitrogen and oxygen atoms in total. The summed E-state index contributed by atoms with van der Waals surface area (Å²) < 4.78 is 5.45. The van der Waals surface area contributed by atoms with E-state index in [-0.39, 0.29) is 18.3 Å². The summed E-state index contributed by atoms with van der Waals surface area (Å²) in [5.74, 6) is -0.509. The number of para-hydroxylation sites is 1. The van der Waals surface area contributed by atoms with Gasteiger partial charge in [-0.15, -0.1) is 0 Å². The molecule has 1 unspecified atom stereocenters. The zero-order valence-corrected chi connectivity index (χ0v) is 17.2. The Morgan fingerprint density at radius 1 is 1.00 bits per heavy atom. The Morgan fingerprint density at radius 2 is 1.70 bits per heavy atom. The summed E-state index contributed by atoms with van der Waals surface area (Å²) in [7, 11) is 0. The third-order valence-corrected chi connectivity index (χ3v) is 5.60. The molecule has 2 aromatic carbocycles. The van der Waals surface area contributed by atoms with Gasteiger partial charge in [0.15, 0.2) is 6.10 Å². The van der Waals surface area contributed by atoms with E-state index < -0.39 is 6.10 Å². The van der Waals surface area contributed by atoms with E-state index >= 15 is 0 Å². The van der Waals surface area contributed by atoms with E-state index in [4.69, 9.17) is 4.74 Å². The number of esters is 1. The molecule has 1 fully saturated rings. The van der Waals surface area contributed by atoms with Crippen LogP contribution in [0.4, 0.5) is 0 Å². The lowest BCUT2D eigenvalue weighted by Crippen LogP contribution is -2.51. The molecule has 1 N–H and O–H groups in total. The zero-order chi connectivity index (χ0) is 20.9. The summed E-state index contributed by atoms with van der Waals surface area (Å²) in [6.45, 7) is 5.48. The molecule has 0 saturated carbocycles. The molecule has 0 aliphatic carbocycles. The third-order valence-electron chi connectivity index (χ3n) is 5.60. The number of piperazine rings is 1. The number of aromatic amines is 1. The average molecular weight is 405 g/mol. The second-order valence-corrected chi connectivity index (χ2v) is 7.76. The van der Waals surface area contributed by atoms with Gasteiger partial charge in [0, 0.05) is 49.8 Å². The molecule has 156 valence electrons. The Balaban J connectivity index is 1.26. The number of carbonyl (C=O) groups excluding carboxylic acids is 2. The van der Waals surface area contributed by atoms with Crippen molar-refractivity contribution in [3.8, 4) is 0 Å². The molecule has 1 amide bonds. The first-order chi connectivity index (χ1) is 14.6. The van der Waals surface area contributed by atoms with Gasteiger partial charge in [-0.3, -0.25) is 14.5 Å². The van der Waals surface area contributed by atoms with Crippen LogP contribution in [0.5, 0.6) is 0 Å². The molecule has 3 aromatic rings. The summed E-state index contributed by atoms with van der Waals surface area (Å²) in [6, 6.07) is 18.2. The quantitative estimate of drug-likeness (QED) is 0.641. The molecule has 2 heterocycles. The van der Waals surface area contributed by atoms with Crippen LogP contribution in [0, 0.1) is 0 Å². The Kier molecular flexibility index (Phi) is 6.14. The highest BCUT2D eigenvalue weighted by Crippen LogP contribution is 2.19. The number of nitrogens with one attached hydrogen (secondary N) is 1. The first kappa shape index (κ1) is 20.2. The van der Waals surface area contributed by atoms with E-state index in [9.17, 15) is 9.59 Å². The van der Waals surface area contributed by atoms with Crippen LogP contribution in [0.1, 0.15) is 18.1 Å². The third kappa shape index (κ3) is 4.71. The molecule has 0 radical (unpaired) electrons. The van der Waals surface area contributed by atoms with Gasteiger partial charge in [-0.1, -0.05) is 48.5 Å². The average Bonchev–Trinajstić information content (AvgIpc) is 3.17. The summed E-state index contributed by atoms with van der Waals surface area (Å²) in [5.41, 5.74) is 3.14. The van der Waals surface area contributed by atoms with Crippen LogP contribution in [-0.4, -0.2) is 58.9 Å². The summed E-state index contributed by atoms with van der Waals surface area (Å²) in [4.78, 5) is 32.4. The van der Waals surface area contributed by atoms with Crippen LogP contribution in [-0.2, 0) is 27.3 Å². The van der Waals surface area contributed by atoms with Gasteiger partial charge >= 0.3 is 5.97 Å². The van der Waals surface area contributed by atoms with Crippen molar-refractivity contribution in [3.05, 3.63) is 71.9 Å². The van der Waals surface area contributed by atoms with E-state index in [1.807, 2.05) is 48.7 Å². The molecule has 30 heavy (non-hydrogen) atoms. The van der Waals surface area contributed by atoms with Gasteiger partial charge in [-0.05, 0) is 24.1 Å². The maximum atomic E-state index is 12.7. The van der Waals surface area contributed by atoms with Crippen molar-refractivity contribution in [2.75, 3.05) is 26.2 Å². The SMILES string of the molecule is CC(OC(=O)Cc1c[nH]c2ccccc12)C(=O)N1CCN(Cc2ccccc2)CC1. The van der Waals surface area contributed by atoms with E-state index in [2.05, 4.69) is 22.0 Å². The highest BCUT2D eigenvalue weighted by atomic mass is 16.5. The molecular formula is C24H27N3O3. The lowest BCUT2D eigenvalue weighted by molar-refractivity contribution is -0.159. The molecule has 1 saturated heterocycles. The molecule has 1 aliphatic heterocycles. The van der Waals surface area contributed by atoms with Crippen molar-refractivity contribution in [1.82, 2.24) is 14.8 Å². The van der Waals surface area contributed by atoms with Crippen molar-refractivity contribution >= 4 is 22.8 Å². The fourth-order valence-corrected chi connectivity index (χ4v) is 3.95. The van der Waals surface area contributed by atoms with Gasteiger partial charge in [-0.2, -0.15) is 0 Å². The van der Waals surface area contributed by atoms with Crippen LogP contribution in [0.3, 0.4) is 0 Å². The van der Waals surface area contributed by atoms with Crippen LogP contribution in [0.25, 0.3) is 10.9 Å². The number of amides is 1. The minimum Gasteiger partial charge on any atom is -0.452 e. The van der Waals surface area contributed by atoms with Gasteiger partial charge in [0.1, 0.15) is 0 Å². The second kappa shape index (κ2) is 9.13. The van der Waals surface area contributed by atoms with Gasteiger partial charge < -0.3 is 14.6 Å². The number of fused-ring (bicyclic) bond motifs is 1. The predicted molar refractivity (Wildman–Crippen MR) is 116 cm³/mol. The van der Waals surface area contributed by atoms with E-state index in [0.717, 1.165) is 36.1 Å². The first-order valence-corrected chi connectivity index (χ1v) is 10.4. The van der Waals surface area contributed by atoms with Gasteiger partial charge in [0.2, 0.25) is 0 Å². The van der Waals surface area contributed by atoms with Crippen molar-refractivity contribution in [2.45, 2.75) is 26.0 Å². The monoisotopic (exact) mass is 405 g/mol. The maximum absolute atomic E-state index is 12.7. The largest absolute Gasteiger partial charge is 0.452 e. The molecule has 6 heteroatoms. The first-order valence-electron chi connectivity index (χ1n) is 10.4. The normalized spacial score (nSPS) is 15.8. The predicted octanol–water partition coefficient (Wildman–Crippen LogP) is 2.99. The molecule has 1 aromatic heterocycles.